The summed E-state index contributed by atoms with van der Waals surface area (Å²) in [5.41, 5.74) is 11.1. The molecule has 3 heterocycles. The van der Waals surface area contributed by atoms with Crippen molar-refractivity contribution in [1.82, 2.24) is 15.3 Å². The quantitative estimate of drug-likeness (QED) is 0.466. The third-order valence-electron chi connectivity index (χ3n) is 4.91. The molecule has 4 rings (SSSR count). The van der Waals surface area contributed by atoms with E-state index >= 15 is 0 Å². The van der Waals surface area contributed by atoms with Crippen LogP contribution in [-0.4, -0.2) is 22.4 Å². The highest BCUT2D eigenvalue weighted by Crippen LogP contribution is 2.25. The molecule has 0 aliphatic heterocycles. The number of aromatic nitrogens is 2. The number of carbonyl (C=O) groups excluding carboxylic acids is 1. The molecule has 0 bridgehead atoms. The van der Waals surface area contributed by atoms with Crippen molar-refractivity contribution in [1.29, 1.82) is 0 Å². The molecule has 0 unspecified atom stereocenters. The van der Waals surface area contributed by atoms with Gasteiger partial charge in [0.25, 0.3) is 5.91 Å². The van der Waals surface area contributed by atoms with Crippen LogP contribution in [0.3, 0.4) is 0 Å². The number of H-pyrrole nitrogens is 1. The third-order valence-corrected chi connectivity index (χ3v) is 5.86. The zero-order chi connectivity index (χ0) is 19.5. The van der Waals surface area contributed by atoms with Crippen LogP contribution in [0.2, 0.25) is 0 Å². The number of nitrogens with zero attached hydrogens (tertiary/aromatic N) is 1. The molecule has 142 valence electrons. The molecule has 6 heteroatoms. The molecule has 1 aromatic carbocycles. The van der Waals surface area contributed by atoms with E-state index in [2.05, 4.69) is 15.3 Å². The van der Waals surface area contributed by atoms with Crippen molar-refractivity contribution in [3.05, 3.63) is 87.4 Å². The van der Waals surface area contributed by atoms with Crippen molar-refractivity contribution in [2.75, 3.05) is 6.54 Å². The molecule has 0 radical (unpaired) electrons. The van der Waals surface area contributed by atoms with E-state index in [9.17, 15) is 4.79 Å². The van der Waals surface area contributed by atoms with Gasteiger partial charge < -0.3 is 16.0 Å². The molecule has 4 N–H and O–H groups in total. The van der Waals surface area contributed by atoms with E-state index in [1.807, 2.05) is 61.0 Å². The summed E-state index contributed by atoms with van der Waals surface area (Å²) in [6.07, 6.45) is 4.36. The summed E-state index contributed by atoms with van der Waals surface area (Å²) in [5, 5.41) is 6.14. The highest BCUT2D eigenvalue weighted by Gasteiger charge is 2.19. The van der Waals surface area contributed by atoms with Crippen LogP contribution >= 0.6 is 11.3 Å². The molecular weight excluding hydrogens is 368 g/mol. The fourth-order valence-corrected chi connectivity index (χ4v) is 4.18. The smallest absolute Gasteiger partial charge is 0.262 e. The maximum atomic E-state index is 13.0. The van der Waals surface area contributed by atoms with Crippen molar-refractivity contribution in [3.8, 4) is 0 Å². The first kappa shape index (κ1) is 18.4. The molecule has 4 aromatic rings. The van der Waals surface area contributed by atoms with Crippen molar-refractivity contribution in [3.63, 3.8) is 0 Å². The molecule has 0 aliphatic carbocycles. The van der Waals surface area contributed by atoms with E-state index in [4.69, 9.17) is 5.73 Å². The predicted octanol–water partition coefficient (Wildman–Crippen LogP) is 3.95. The fourth-order valence-electron chi connectivity index (χ4n) is 3.35. The lowest BCUT2D eigenvalue weighted by atomic mass is 10.0. The van der Waals surface area contributed by atoms with Gasteiger partial charge in [-0.05, 0) is 53.6 Å². The van der Waals surface area contributed by atoms with Crippen LogP contribution in [0.1, 0.15) is 38.0 Å². The van der Waals surface area contributed by atoms with Crippen molar-refractivity contribution >= 4 is 28.3 Å². The Hall–Kier alpha value is -2.96. The average Bonchev–Trinajstić information content (AvgIpc) is 3.36. The highest BCUT2D eigenvalue weighted by atomic mass is 32.1. The number of aryl methyl sites for hydroxylation is 1. The normalized spacial score (nSPS) is 12.2. The highest BCUT2D eigenvalue weighted by molar-refractivity contribution is 7.12. The molecule has 0 saturated heterocycles. The molecule has 0 saturated carbocycles. The van der Waals surface area contributed by atoms with Crippen molar-refractivity contribution in [2.45, 2.75) is 19.4 Å². The number of carbonyl (C=O) groups is 1. The van der Waals surface area contributed by atoms with Gasteiger partial charge in [0, 0.05) is 24.3 Å². The minimum Gasteiger partial charge on any atom is -0.346 e. The van der Waals surface area contributed by atoms with Gasteiger partial charge in [0.05, 0.1) is 10.9 Å². The Balaban J connectivity index is 1.55. The number of rotatable bonds is 6. The van der Waals surface area contributed by atoms with E-state index in [0.717, 1.165) is 32.6 Å². The summed E-state index contributed by atoms with van der Waals surface area (Å²) in [5.74, 6) is -0.0830. The number of fused-ring (bicyclic) bond motifs is 1. The second-order valence-electron chi connectivity index (χ2n) is 6.83. The van der Waals surface area contributed by atoms with Crippen LogP contribution < -0.4 is 11.1 Å². The Labute approximate surface area is 167 Å². The SMILES string of the molecule is Cc1ccc([C@@H](CN)NC(=O)c2sccc2Cc2ccnc3[nH]ccc23)cc1. The number of benzene rings is 1. The molecule has 0 spiro atoms. The van der Waals surface area contributed by atoms with Crippen LogP contribution in [0.15, 0.2) is 60.2 Å². The Morgan fingerprint density at radius 2 is 2.00 bits per heavy atom. The topological polar surface area (TPSA) is 83.8 Å². The number of nitrogens with one attached hydrogen (secondary N) is 2. The summed E-state index contributed by atoms with van der Waals surface area (Å²) in [6, 6.07) is 13.9. The lowest BCUT2D eigenvalue weighted by Gasteiger charge is -2.17. The molecule has 3 aromatic heterocycles. The Bertz CT molecular complexity index is 1100. The number of amides is 1. The number of hydrogen-bond acceptors (Lipinski definition) is 4. The van der Waals surface area contributed by atoms with Gasteiger partial charge in [-0.1, -0.05) is 29.8 Å². The second kappa shape index (κ2) is 7.96. The molecular formula is C22H22N4OS. The Kier molecular flexibility index (Phi) is 5.23. The summed E-state index contributed by atoms with van der Waals surface area (Å²) < 4.78 is 0. The summed E-state index contributed by atoms with van der Waals surface area (Å²) in [7, 11) is 0. The van der Waals surface area contributed by atoms with E-state index < -0.39 is 0 Å². The van der Waals surface area contributed by atoms with E-state index in [0.29, 0.717) is 13.0 Å². The first-order valence-electron chi connectivity index (χ1n) is 9.20. The minimum atomic E-state index is -0.208. The van der Waals surface area contributed by atoms with Gasteiger partial charge in [-0.3, -0.25) is 4.79 Å². The van der Waals surface area contributed by atoms with Gasteiger partial charge in [-0.15, -0.1) is 11.3 Å². The van der Waals surface area contributed by atoms with Gasteiger partial charge in [0.1, 0.15) is 5.65 Å². The average molecular weight is 391 g/mol. The Morgan fingerprint density at radius 3 is 2.79 bits per heavy atom. The number of thiophene rings is 1. The summed E-state index contributed by atoms with van der Waals surface area (Å²) >= 11 is 1.46. The van der Waals surface area contributed by atoms with Crippen molar-refractivity contribution in [2.24, 2.45) is 5.73 Å². The lowest BCUT2D eigenvalue weighted by Crippen LogP contribution is -2.33. The molecule has 1 atom stereocenters. The molecule has 0 fully saturated rings. The van der Waals surface area contributed by atoms with E-state index in [-0.39, 0.29) is 11.9 Å². The summed E-state index contributed by atoms with van der Waals surface area (Å²) in [4.78, 5) is 21.2. The molecule has 5 nitrogen and oxygen atoms in total. The second-order valence-corrected chi connectivity index (χ2v) is 7.75. The predicted molar refractivity (Wildman–Crippen MR) is 114 cm³/mol. The van der Waals surface area contributed by atoms with Gasteiger partial charge in [0.2, 0.25) is 0 Å². The molecule has 1 amide bonds. The van der Waals surface area contributed by atoms with E-state index in [1.54, 1.807) is 6.20 Å². The Morgan fingerprint density at radius 1 is 1.18 bits per heavy atom. The largest absolute Gasteiger partial charge is 0.346 e. The molecule has 0 aliphatic rings. The van der Waals surface area contributed by atoms with Crippen LogP contribution in [0, 0.1) is 6.92 Å². The number of aromatic amines is 1. The zero-order valence-corrected chi connectivity index (χ0v) is 16.4. The number of nitrogens with two attached hydrogens (primary N) is 1. The minimum absolute atomic E-state index is 0.0830. The van der Waals surface area contributed by atoms with Gasteiger partial charge in [-0.2, -0.15) is 0 Å². The fraction of sp³-hybridized carbons (Fsp3) is 0.182. The number of pyridine rings is 1. The number of hydrogen-bond donors (Lipinski definition) is 3. The van der Waals surface area contributed by atoms with Crippen LogP contribution in [0.25, 0.3) is 11.0 Å². The lowest BCUT2D eigenvalue weighted by molar-refractivity contribution is 0.0941. The van der Waals surface area contributed by atoms with Gasteiger partial charge >= 0.3 is 0 Å². The first-order chi connectivity index (χ1) is 13.7. The van der Waals surface area contributed by atoms with Crippen LogP contribution in [0.5, 0.6) is 0 Å². The van der Waals surface area contributed by atoms with Crippen molar-refractivity contribution < 1.29 is 4.79 Å². The van der Waals surface area contributed by atoms with Crippen LogP contribution in [-0.2, 0) is 6.42 Å². The standard InChI is InChI=1S/C22H22N4OS/c1-14-2-4-15(5-3-14)19(13-23)26-22(27)20-17(8-11-28-20)12-16-6-9-24-21-18(16)7-10-25-21/h2-11,19H,12-13,23H2,1H3,(H,24,25)(H,26,27)/t19-/m1/s1. The maximum Gasteiger partial charge on any atom is 0.262 e. The monoisotopic (exact) mass is 390 g/mol. The van der Waals surface area contributed by atoms with Gasteiger partial charge in [0.15, 0.2) is 0 Å². The zero-order valence-electron chi connectivity index (χ0n) is 15.6. The summed E-state index contributed by atoms with van der Waals surface area (Å²) in [6.45, 7) is 2.39. The maximum absolute atomic E-state index is 13.0. The van der Waals surface area contributed by atoms with Gasteiger partial charge in [-0.25, -0.2) is 4.98 Å². The molecule has 28 heavy (non-hydrogen) atoms. The third kappa shape index (κ3) is 3.69. The first-order valence-corrected chi connectivity index (χ1v) is 10.1. The van der Waals surface area contributed by atoms with Crippen LogP contribution in [0.4, 0.5) is 0 Å². The van der Waals surface area contributed by atoms with E-state index in [1.165, 1.54) is 16.9 Å².